The number of aromatic nitrogens is 4. The van der Waals surface area contributed by atoms with Gasteiger partial charge in [-0.25, -0.2) is 4.98 Å². The Kier molecular flexibility index (Phi) is 2.47. The molecule has 0 aliphatic heterocycles. The first-order valence-electron chi connectivity index (χ1n) is 4.22. The lowest BCUT2D eigenvalue weighted by atomic mass is 10.2. The summed E-state index contributed by atoms with van der Waals surface area (Å²) < 4.78 is 0. The number of carbonyl (C=O) groups excluding carboxylic acids is 1. The molecule has 15 heavy (non-hydrogen) atoms. The SMILES string of the molecule is CC(=O)c1nc(Cl)ccc1-n1nccn1. The van der Waals surface area contributed by atoms with Gasteiger partial charge in [-0.15, -0.1) is 4.80 Å². The Bertz CT molecular complexity index is 495. The first kappa shape index (κ1) is 9.79. The zero-order valence-electron chi connectivity index (χ0n) is 7.88. The van der Waals surface area contributed by atoms with Crippen LogP contribution in [0.1, 0.15) is 17.4 Å². The number of hydrogen-bond donors (Lipinski definition) is 0. The van der Waals surface area contributed by atoms with E-state index in [-0.39, 0.29) is 16.6 Å². The number of halogens is 1. The fourth-order valence-electron chi connectivity index (χ4n) is 1.19. The van der Waals surface area contributed by atoms with E-state index >= 15 is 0 Å². The van der Waals surface area contributed by atoms with Crippen molar-refractivity contribution in [2.24, 2.45) is 0 Å². The van der Waals surface area contributed by atoms with Crippen LogP contribution in [0.2, 0.25) is 5.15 Å². The molecular weight excluding hydrogens is 216 g/mol. The van der Waals surface area contributed by atoms with E-state index in [2.05, 4.69) is 15.2 Å². The van der Waals surface area contributed by atoms with Crippen molar-refractivity contribution in [3.8, 4) is 5.69 Å². The lowest BCUT2D eigenvalue weighted by molar-refractivity contribution is 0.101. The summed E-state index contributed by atoms with van der Waals surface area (Å²) in [6.07, 6.45) is 3.05. The molecular formula is C9H7ClN4O. The van der Waals surface area contributed by atoms with Gasteiger partial charge < -0.3 is 0 Å². The highest BCUT2D eigenvalue weighted by Crippen LogP contribution is 2.14. The molecule has 0 amide bonds. The number of hydrogen-bond acceptors (Lipinski definition) is 4. The Morgan fingerprint density at radius 1 is 1.33 bits per heavy atom. The standard InChI is InChI=1S/C9H7ClN4O/c1-6(15)9-7(2-3-8(10)13-9)14-11-4-5-12-14/h2-5H,1H3. The Labute approximate surface area is 90.7 Å². The highest BCUT2D eigenvalue weighted by molar-refractivity contribution is 6.29. The Balaban J connectivity index is 2.61. The smallest absolute Gasteiger partial charge is 0.180 e. The molecule has 0 fully saturated rings. The topological polar surface area (TPSA) is 60.7 Å². The first-order chi connectivity index (χ1) is 7.18. The molecule has 0 atom stereocenters. The molecule has 2 rings (SSSR count). The predicted molar refractivity (Wildman–Crippen MR) is 54.2 cm³/mol. The summed E-state index contributed by atoms with van der Waals surface area (Å²) in [5, 5.41) is 8.13. The van der Waals surface area contributed by atoms with Gasteiger partial charge in [0.1, 0.15) is 16.5 Å². The second-order valence-corrected chi connectivity index (χ2v) is 3.26. The average molecular weight is 223 g/mol. The second kappa shape index (κ2) is 3.78. The van der Waals surface area contributed by atoms with Crippen LogP contribution in [0.3, 0.4) is 0 Å². The third kappa shape index (κ3) is 1.87. The first-order valence-corrected chi connectivity index (χ1v) is 4.60. The van der Waals surface area contributed by atoms with Crippen molar-refractivity contribution in [3.63, 3.8) is 0 Å². The third-order valence-electron chi connectivity index (χ3n) is 1.81. The summed E-state index contributed by atoms with van der Waals surface area (Å²) >= 11 is 5.71. The summed E-state index contributed by atoms with van der Waals surface area (Å²) in [5.74, 6) is -0.176. The van der Waals surface area contributed by atoms with Gasteiger partial charge in [0, 0.05) is 6.92 Å². The minimum Gasteiger partial charge on any atom is -0.293 e. The number of ketones is 1. The molecule has 5 nitrogen and oxygen atoms in total. The van der Waals surface area contributed by atoms with Crippen LogP contribution in [-0.4, -0.2) is 25.8 Å². The highest BCUT2D eigenvalue weighted by Gasteiger charge is 2.12. The molecule has 6 heteroatoms. The minimum atomic E-state index is -0.176. The quantitative estimate of drug-likeness (QED) is 0.571. The maximum atomic E-state index is 11.3. The van der Waals surface area contributed by atoms with Crippen molar-refractivity contribution >= 4 is 17.4 Å². The Morgan fingerprint density at radius 3 is 2.60 bits per heavy atom. The molecule has 0 radical (unpaired) electrons. The Hall–Kier alpha value is -1.75. The molecule has 0 aliphatic carbocycles. The summed E-state index contributed by atoms with van der Waals surface area (Å²) in [7, 11) is 0. The van der Waals surface area contributed by atoms with Crippen LogP contribution in [0, 0.1) is 0 Å². The molecule has 76 valence electrons. The monoisotopic (exact) mass is 222 g/mol. The van der Waals surface area contributed by atoms with Crippen molar-refractivity contribution in [3.05, 3.63) is 35.4 Å². The maximum absolute atomic E-state index is 11.3. The summed E-state index contributed by atoms with van der Waals surface area (Å²) in [6.45, 7) is 1.42. The number of nitrogens with zero attached hydrogens (tertiary/aromatic N) is 4. The molecule has 0 spiro atoms. The van der Waals surface area contributed by atoms with Gasteiger partial charge in [-0.1, -0.05) is 11.6 Å². The number of Topliss-reactive ketones (excluding diaryl/α,β-unsaturated/α-hetero) is 1. The van der Waals surface area contributed by atoms with Crippen molar-refractivity contribution in [2.45, 2.75) is 6.92 Å². The molecule has 0 saturated carbocycles. The summed E-state index contributed by atoms with van der Waals surface area (Å²) in [4.78, 5) is 16.6. The van der Waals surface area contributed by atoms with Crippen LogP contribution < -0.4 is 0 Å². The minimum absolute atomic E-state index is 0.176. The molecule has 0 N–H and O–H groups in total. The molecule has 0 unspecified atom stereocenters. The van der Waals surface area contributed by atoms with Gasteiger partial charge in [0.15, 0.2) is 5.78 Å². The fraction of sp³-hybridized carbons (Fsp3) is 0.111. The summed E-state index contributed by atoms with van der Waals surface area (Å²) in [6, 6.07) is 3.25. The van der Waals surface area contributed by atoms with Gasteiger partial charge in [-0.3, -0.25) is 4.79 Å². The summed E-state index contributed by atoms with van der Waals surface area (Å²) in [5.41, 5.74) is 0.788. The second-order valence-electron chi connectivity index (χ2n) is 2.88. The number of rotatable bonds is 2. The van der Waals surface area contributed by atoms with Gasteiger partial charge in [0.2, 0.25) is 0 Å². The highest BCUT2D eigenvalue weighted by atomic mass is 35.5. The van der Waals surface area contributed by atoms with Gasteiger partial charge in [0.25, 0.3) is 0 Å². The van der Waals surface area contributed by atoms with Crippen LogP contribution in [0.15, 0.2) is 24.5 Å². The van der Waals surface area contributed by atoms with Crippen LogP contribution in [0.25, 0.3) is 5.69 Å². The number of carbonyl (C=O) groups is 1. The lowest BCUT2D eigenvalue weighted by Gasteiger charge is -2.04. The molecule has 0 saturated heterocycles. The third-order valence-corrected chi connectivity index (χ3v) is 2.02. The number of pyridine rings is 1. The van der Waals surface area contributed by atoms with Crippen molar-refractivity contribution in [2.75, 3.05) is 0 Å². The van der Waals surface area contributed by atoms with Gasteiger partial charge >= 0.3 is 0 Å². The predicted octanol–water partition coefficient (Wildman–Crippen LogP) is 1.52. The fourth-order valence-corrected chi connectivity index (χ4v) is 1.34. The van der Waals surface area contributed by atoms with Gasteiger partial charge in [-0.2, -0.15) is 10.2 Å². The van der Waals surface area contributed by atoms with Gasteiger partial charge in [-0.05, 0) is 12.1 Å². The molecule has 0 bridgehead atoms. The molecule has 2 aromatic rings. The van der Waals surface area contributed by atoms with Crippen LogP contribution in [-0.2, 0) is 0 Å². The molecule has 2 aromatic heterocycles. The van der Waals surface area contributed by atoms with Crippen molar-refractivity contribution in [1.29, 1.82) is 0 Å². The van der Waals surface area contributed by atoms with E-state index in [0.717, 1.165) is 0 Å². The Morgan fingerprint density at radius 2 is 2.00 bits per heavy atom. The van der Waals surface area contributed by atoms with E-state index in [1.54, 1.807) is 12.1 Å². The molecule has 2 heterocycles. The van der Waals surface area contributed by atoms with Crippen molar-refractivity contribution < 1.29 is 4.79 Å². The van der Waals surface area contributed by atoms with E-state index in [4.69, 9.17) is 11.6 Å². The zero-order valence-corrected chi connectivity index (χ0v) is 8.64. The zero-order chi connectivity index (χ0) is 10.8. The lowest BCUT2D eigenvalue weighted by Crippen LogP contribution is -2.08. The van der Waals surface area contributed by atoms with E-state index in [9.17, 15) is 4.79 Å². The maximum Gasteiger partial charge on any atom is 0.180 e. The largest absolute Gasteiger partial charge is 0.293 e. The van der Waals surface area contributed by atoms with E-state index in [0.29, 0.717) is 5.69 Å². The van der Waals surface area contributed by atoms with Crippen LogP contribution in [0.5, 0.6) is 0 Å². The van der Waals surface area contributed by atoms with E-state index < -0.39 is 0 Å². The normalized spacial score (nSPS) is 10.3. The van der Waals surface area contributed by atoms with Crippen LogP contribution >= 0.6 is 11.6 Å². The van der Waals surface area contributed by atoms with Gasteiger partial charge in [0.05, 0.1) is 12.4 Å². The van der Waals surface area contributed by atoms with Crippen LogP contribution in [0.4, 0.5) is 0 Å². The van der Waals surface area contributed by atoms with E-state index in [1.165, 1.54) is 24.1 Å². The molecule has 0 aliphatic rings. The van der Waals surface area contributed by atoms with E-state index in [1.807, 2.05) is 0 Å². The van der Waals surface area contributed by atoms with Crippen molar-refractivity contribution in [1.82, 2.24) is 20.0 Å². The molecule has 0 aromatic carbocycles. The average Bonchev–Trinajstić information content (AvgIpc) is 2.70.